The molecule has 2 heterocycles. The Balaban J connectivity index is 1.89. The van der Waals surface area contributed by atoms with Gasteiger partial charge in [0.05, 0.1) is 23.0 Å². The first-order chi connectivity index (χ1) is 13.1. The zero-order valence-corrected chi connectivity index (χ0v) is 15.7. The van der Waals surface area contributed by atoms with Crippen molar-refractivity contribution in [3.05, 3.63) is 48.5 Å². The fourth-order valence-electron chi connectivity index (χ4n) is 3.10. The number of anilines is 1. The Hall–Kier alpha value is -2.71. The van der Waals surface area contributed by atoms with Crippen molar-refractivity contribution >= 4 is 26.7 Å². The van der Waals surface area contributed by atoms with Crippen LogP contribution >= 0.6 is 0 Å². The largest absolute Gasteiger partial charge is 0.497 e. The van der Waals surface area contributed by atoms with E-state index in [9.17, 15) is 8.42 Å². The molecule has 1 N–H and O–H groups in total. The molecule has 0 atom stereocenters. The minimum atomic E-state index is -3.83. The minimum absolute atomic E-state index is 0.00623. The highest BCUT2D eigenvalue weighted by atomic mass is 32.2. The Morgan fingerprint density at radius 2 is 1.59 bits per heavy atom. The molecule has 0 bridgehead atoms. The van der Waals surface area contributed by atoms with Gasteiger partial charge in [0.15, 0.2) is 5.82 Å². The Morgan fingerprint density at radius 3 is 2.22 bits per heavy atom. The van der Waals surface area contributed by atoms with Gasteiger partial charge in [0.25, 0.3) is 0 Å². The van der Waals surface area contributed by atoms with Crippen molar-refractivity contribution in [3.63, 3.8) is 0 Å². The van der Waals surface area contributed by atoms with Gasteiger partial charge in [0, 0.05) is 26.2 Å². The van der Waals surface area contributed by atoms with Gasteiger partial charge >= 0.3 is 0 Å². The van der Waals surface area contributed by atoms with Crippen molar-refractivity contribution in [1.82, 2.24) is 15.3 Å². The van der Waals surface area contributed by atoms with Crippen LogP contribution in [0.15, 0.2) is 58.5 Å². The number of sulfone groups is 1. The highest BCUT2D eigenvalue weighted by Crippen LogP contribution is 2.30. The topological polar surface area (TPSA) is 84.4 Å². The Bertz CT molecular complexity index is 1060. The lowest BCUT2D eigenvalue weighted by atomic mass is 10.3. The Kier molecular flexibility index (Phi) is 4.67. The number of hydrogen-bond acceptors (Lipinski definition) is 7. The first-order valence-corrected chi connectivity index (χ1v) is 10.2. The average Bonchev–Trinajstić information content (AvgIpc) is 2.73. The molecule has 1 aliphatic rings. The number of piperazine rings is 1. The van der Waals surface area contributed by atoms with Gasteiger partial charge in [-0.05, 0) is 36.4 Å². The molecule has 1 fully saturated rings. The monoisotopic (exact) mass is 384 g/mol. The molecule has 4 rings (SSSR count). The van der Waals surface area contributed by atoms with Crippen molar-refractivity contribution < 1.29 is 13.2 Å². The number of nitrogens with one attached hydrogen (secondary N) is 1. The highest BCUT2D eigenvalue weighted by molar-refractivity contribution is 7.91. The summed E-state index contributed by atoms with van der Waals surface area (Å²) in [6.45, 7) is 2.91. The molecule has 0 aliphatic carbocycles. The Morgan fingerprint density at radius 1 is 0.963 bits per heavy atom. The third-order valence-electron chi connectivity index (χ3n) is 4.56. The number of fused-ring (bicyclic) bond motifs is 1. The molecule has 0 spiro atoms. The van der Waals surface area contributed by atoms with Gasteiger partial charge in [0.1, 0.15) is 5.75 Å². The molecular weight excluding hydrogens is 364 g/mol. The van der Waals surface area contributed by atoms with Crippen LogP contribution in [0.25, 0.3) is 11.0 Å². The zero-order chi connectivity index (χ0) is 18.9. The zero-order valence-electron chi connectivity index (χ0n) is 14.9. The molecule has 2 aromatic carbocycles. The summed E-state index contributed by atoms with van der Waals surface area (Å²) in [5.74, 6) is 1.01. The molecule has 1 aliphatic heterocycles. The van der Waals surface area contributed by atoms with Gasteiger partial charge in [-0.3, -0.25) is 0 Å². The normalized spacial score (nSPS) is 15.1. The van der Waals surface area contributed by atoms with Gasteiger partial charge in [-0.1, -0.05) is 12.1 Å². The van der Waals surface area contributed by atoms with E-state index in [0.717, 1.165) is 13.1 Å². The number of hydrogen-bond donors (Lipinski definition) is 1. The lowest BCUT2D eigenvalue weighted by Crippen LogP contribution is -2.44. The summed E-state index contributed by atoms with van der Waals surface area (Å²) in [5.41, 5.74) is 1.24. The second kappa shape index (κ2) is 7.13. The van der Waals surface area contributed by atoms with E-state index < -0.39 is 9.84 Å². The number of methoxy groups -OCH3 is 1. The van der Waals surface area contributed by atoms with E-state index in [-0.39, 0.29) is 9.92 Å². The standard InChI is InChI=1S/C19H20N4O3S/c1-26-14-6-8-15(9-7-14)27(24,25)19-18(23-12-10-20-11-13-23)21-16-4-2-3-5-17(16)22-19/h2-9,20H,10-13H2,1H3. The first-order valence-electron chi connectivity index (χ1n) is 8.71. The number of ether oxygens (including phenoxy) is 1. The predicted octanol–water partition coefficient (Wildman–Crippen LogP) is 1.88. The molecule has 140 valence electrons. The van der Waals surface area contributed by atoms with E-state index in [0.29, 0.717) is 35.7 Å². The maximum Gasteiger partial charge on any atom is 0.227 e. The van der Waals surface area contributed by atoms with Crippen LogP contribution in [0.1, 0.15) is 0 Å². The molecule has 3 aromatic rings. The van der Waals surface area contributed by atoms with Crippen LogP contribution < -0.4 is 15.0 Å². The van der Waals surface area contributed by atoms with Crippen LogP contribution in [0.5, 0.6) is 5.75 Å². The van der Waals surface area contributed by atoms with Crippen LogP contribution in [-0.2, 0) is 9.84 Å². The summed E-state index contributed by atoms with van der Waals surface area (Å²) in [5, 5.41) is 3.26. The van der Waals surface area contributed by atoms with Crippen LogP contribution in [0, 0.1) is 0 Å². The fraction of sp³-hybridized carbons (Fsp3) is 0.263. The van der Waals surface area contributed by atoms with E-state index in [2.05, 4.69) is 15.3 Å². The molecule has 1 aromatic heterocycles. The molecule has 0 amide bonds. The van der Waals surface area contributed by atoms with Crippen molar-refractivity contribution in [3.8, 4) is 5.75 Å². The molecular formula is C19H20N4O3S. The van der Waals surface area contributed by atoms with Crippen molar-refractivity contribution in [2.45, 2.75) is 9.92 Å². The van der Waals surface area contributed by atoms with E-state index in [1.807, 2.05) is 23.1 Å². The summed E-state index contributed by atoms with van der Waals surface area (Å²) < 4.78 is 31.8. The van der Waals surface area contributed by atoms with E-state index in [1.165, 1.54) is 12.1 Å². The number of benzene rings is 2. The predicted molar refractivity (Wildman–Crippen MR) is 103 cm³/mol. The quantitative estimate of drug-likeness (QED) is 0.735. The van der Waals surface area contributed by atoms with Crippen LogP contribution in [0.4, 0.5) is 5.82 Å². The molecule has 8 heteroatoms. The van der Waals surface area contributed by atoms with Crippen molar-refractivity contribution in [2.24, 2.45) is 0 Å². The van der Waals surface area contributed by atoms with Gasteiger partial charge in [-0.25, -0.2) is 18.4 Å². The number of nitrogens with zero attached hydrogens (tertiary/aromatic N) is 3. The summed E-state index contributed by atoms with van der Waals surface area (Å²) in [4.78, 5) is 11.3. The third kappa shape index (κ3) is 3.33. The maximum absolute atomic E-state index is 13.4. The Labute approximate surface area is 157 Å². The highest BCUT2D eigenvalue weighted by Gasteiger charge is 2.28. The number of aromatic nitrogens is 2. The summed E-state index contributed by atoms with van der Waals surface area (Å²) in [6, 6.07) is 13.6. The van der Waals surface area contributed by atoms with E-state index >= 15 is 0 Å². The third-order valence-corrected chi connectivity index (χ3v) is 6.24. The summed E-state index contributed by atoms with van der Waals surface area (Å²) in [7, 11) is -2.28. The van der Waals surface area contributed by atoms with E-state index in [4.69, 9.17) is 4.74 Å². The molecule has 0 radical (unpaired) electrons. The lowest BCUT2D eigenvalue weighted by Gasteiger charge is -2.29. The van der Waals surface area contributed by atoms with Gasteiger partial charge < -0.3 is 15.0 Å². The van der Waals surface area contributed by atoms with Gasteiger partial charge in [-0.2, -0.15) is 0 Å². The molecule has 1 saturated heterocycles. The summed E-state index contributed by atoms with van der Waals surface area (Å²) >= 11 is 0. The SMILES string of the molecule is COc1ccc(S(=O)(=O)c2nc3ccccc3nc2N2CCNCC2)cc1. The maximum atomic E-state index is 13.4. The van der Waals surface area contributed by atoms with Gasteiger partial charge in [-0.15, -0.1) is 0 Å². The second-order valence-corrected chi connectivity index (χ2v) is 8.12. The summed E-state index contributed by atoms with van der Waals surface area (Å²) in [6.07, 6.45) is 0. The molecule has 27 heavy (non-hydrogen) atoms. The van der Waals surface area contributed by atoms with Crippen LogP contribution in [0.2, 0.25) is 0 Å². The number of para-hydroxylation sites is 2. The average molecular weight is 384 g/mol. The lowest BCUT2D eigenvalue weighted by molar-refractivity contribution is 0.414. The van der Waals surface area contributed by atoms with E-state index in [1.54, 1.807) is 25.3 Å². The first kappa shape index (κ1) is 17.7. The van der Waals surface area contributed by atoms with Crippen molar-refractivity contribution in [2.75, 3.05) is 38.2 Å². The fourth-order valence-corrected chi connectivity index (χ4v) is 4.46. The molecule has 0 saturated carbocycles. The second-order valence-electron chi connectivity index (χ2n) is 6.26. The minimum Gasteiger partial charge on any atom is -0.497 e. The molecule has 7 nitrogen and oxygen atoms in total. The molecule has 0 unspecified atom stereocenters. The van der Waals surface area contributed by atoms with Crippen molar-refractivity contribution in [1.29, 1.82) is 0 Å². The van der Waals surface area contributed by atoms with Crippen LogP contribution in [-0.4, -0.2) is 51.7 Å². The van der Waals surface area contributed by atoms with Gasteiger partial charge in [0.2, 0.25) is 14.9 Å². The van der Waals surface area contributed by atoms with Crippen LogP contribution in [0.3, 0.4) is 0 Å². The smallest absolute Gasteiger partial charge is 0.227 e. The number of rotatable bonds is 4.